The minimum absolute atomic E-state index is 0.0639. The van der Waals surface area contributed by atoms with Crippen LogP contribution < -0.4 is 5.32 Å². The predicted molar refractivity (Wildman–Crippen MR) is 124 cm³/mol. The summed E-state index contributed by atoms with van der Waals surface area (Å²) in [5, 5.41) is 12.4. The van der Waals surface area contributed by atoms with Crippen molar-refractivity contribution in [2.75, 3.05) is 13.2 Å². The van der Waals surface area contributed by atoms with E-state index >= 15 is 0 Å². The number of benzene rings is 2. The molecule has 0 bridgehead atoms. The summed E-state index contributed by atoms with van der Waals surface area (Å²) in [5.41, 5.74) is 4.90. The molecule has 6 heteroatoms. The van der Waals surface area contributed by atoms with Crippen molar-refractivity contribution < 1.29 is 14.6 Å². The van der Waals surface area contributed by atoms with E-state index < -0.39 is 5.97 Å². The van der Waals surface area contributed by atoms with E-state index in [0.717, 1.165) is 66.9 Å². The van der Waals surface area contributed by atoms with Gasteiger partial charge in [-0.2, -0.15) is 0 Å². The number of carbonyl (C=O) groups is 1. The summed E-state index contributed by atoms with van der Waals surface area (Å²) in [4.78, 5) is 20.4. The number of hydrogen-bond acceptors (Lipinski definition) is 5. The summed E-state index contributed by atoms with van der Waals surface area (Å²) < 4.78 is 5.42. The van der Waals surface area contributed by atoms with Gasteiger partial charge in [0.25, 0.3) is 0 Å². The molecule has 1 aromatic heterocycles. The zero-order valence-electron chi connectivity index (χ0n) is 18.1. The molecule has 3 aromatic rings. The molecular formula is C26H29N3O3. The zero-order chi connectivity index (χ0) is 22.2. The Morgan fingerprint density at radius 2 is 1.56 bits per heavy atom. The maximum absolute atomic E-state index is 10.7. The first-order valence-corrected chi connectivity index (χ1v) is 11.2. The van der Waals surface area contributed by atoms with Crippen LogP contribution in [0.4, 0.5) is 0 Å². The summed E-state index contributed by atoms with van der Waals surface area (Å²) in [5.74, 6) is -0.903. The van der Waals surface area contributed by atoms with E-state index in [1.165, 1.54) is 0 Å². The van der Waals surface area contributed by atoms with Gasteiger partial charge in [-0.15, -0.1) is 0 Å². The van der Waals surface area contributed by atoms with E-state index in [-0.39, 0.29) is 12.7 Å². The molecule has 2 N–H and O–H groups in total. The second-order valence-electron chi connectivity index (χ2n) is 8.17. The number of ether oxygens (including phenoxy) is 1. The van der Waals surface area contributed by atoms with E-state index in [1.807, 2.05) is 42.6 Å². The minimum Gasteiger partial charge on any atom is -0.480 e. The maximum atomic E-state index is 10.7. The molecule has 1 saturated carbocycles. The molecule has 32 heavy (non-hydrogen) atoms. The lowest BCUT2D eigenvalue weighted by Gasteiger charge is -2.28. The molecule has 2 aromatic carbocycles. The predicted octanol–water partition coefficient (Wildman–Crippen LogP) is 4.36. The van der Waals surface area contributed by atoms with Gasteiger partial charge in [0, 0.05) is 36.3 Å². The Morgan fingerprint density at radius 3 is 2.19 bits per heavy atom. The molecule has 166 valence electrons. The van der Waals surface area contributed by atoms with Crippen molar-refractivity contribution >= 4 is 5.97 Å². The smallest absolute Gasteiger partial charge is 0.329 e. The lowest BCUT2D eigenvalue weighted by Crippen LogP contribution is -2.37. The third-order valence-corrected chi connectivity index (χ3v) is 5.85. The highest BCUT2D eigenvalue weighted by Crippen LogP contribution is 2.28. The van der Waals surface area contributed by atoms with Crippen LogP contribution in [0.3, 0.4) is 0 Å². The van der Waals surface area contributed by atoms with Crippen molar-refractivity contribution in [1.82, 2.24) is 15.3 Å². The molecule has 0 spiro atoms. The summed E-state index contributed by atoms with van der Waals surface area (Å²) in [6.45, 7) is 0.628. The highest BCUT2D eigenvalue weighted by molar-refractivity contribution is 5.77. The van der Waals surface area contributed by atoms with Crippen LogP contribution in [0.15, 0.2) is 66.9 Å². The number of carboxylic acid groups (broad SMARTS) is 1. The Morgan fingerprint density at radius 1 is 0.938 bits per heavy atom. The first-order chi connectivity index (χ1) is 15.7. The summed E-state index contributed by atoms with van der Waals surface area (Å²) >= 11 is 0. The molecule has 0 saturated heterocycles. The molecule has 0 atom stereocenters. The van der Waals surface area contributed by atoms with Crippen molar-refractivity contribution in [3.63, 3.8) is 0 Å². The normalized spacial score (nSPS) is 18.4. The second-order valence-corrected chi connectivity index (χ2v) is 8.17. The van der Waals surface area contributed by atoms with Crippen LogP contribution in [0.1, 0.15) is 31.4 Å². The lowest BCUT2D eigenvalue weighted by molar-refractivity contribution is -0.145. The van der Waals surface area contributed by atoms with Gasteiger partial charge in [-0.05, 0) is 25.7 Å². The van der Waals surface area contributed by atoms with Gasteiger partial charge in [0.05, 0.1) is 23.2 Å². The number of hydrogen-bond donors (Lipinski definition) is 2. The molecule has 0 amide bonds. The van der Waals surface area contributed by atoms with Crippen molar-refractivity contribution in [2.45, 2.75) is 44.2 Å². The minimum atomic E-state index is -0.903. The average Bonchev–Trinajstić information content (AvgIpc) is 2.84. The zero-order valence-corrected chi connectivity index (χ0v) is 18.1. The Balaban J connectivity index is 1.37. The molecule has 1 aliphatic rings. The van der Waals surface area contributed by atoms with Crippen molar-refractivity contribution in [2.24, 2.45) is 0 Å². The van der Waals surface area contributed by atoms with E-state index in [1.54, 1.807) is 0 Å². The van der Waals surface area contributed by atoms with Gasteiger partial charge in [-0.3, -0.25) is 4.98 Å². The van der Waals surface area contributed by atoms with Crippen LogP contribution in [0.2, 0.25) is 0 Å². The van der Waals surface area contributed by atoms with Crippen LogP contribution in [0, 0.1) is 0 Å². The van der Waals surface area contributed by atoms with Crippen molar-refractivity contribution in [3.05, 3.63) is 72.6 Å². The van der Waals surface area contributed by atoms with Crippen LogP contribution in [-0.4, -0.2) is 46.3 Å². The van der Waals surface area contributed by atoms with Crippen LogP contribution >= 0.6 is 0 Å². The molecule has 0 aliphatic heterocycles. The van der Waals surface area contributed by atoms with Gasteiger partial charge >= 0.3 is 5.97 Å². The number of nitrogens with one attached hydrogen (secondary N) is 1. The fourth-order valence-corrected chi connectivity index (χ4v) is 4.18. The molecule has 1 aliphatic carbocycles. The standard InChI is InChI=1S/C26H29N3O3/c30-24(31)18-32-23-13-11-21(12-14-23)27-16-15-22-17-28-25(19-7-3-1-4-8-19)26(29-22)20-9-5-2-6-10-20/h1-10,17,21,23,27H,11-16,18H2,(H,30,31)/t21-,23+. The number of nitrogens with zero attached hydrogens (tertiary/aromatic N) is 2. The van der Waals surface area contributed by atoms with Gasteiger partial charge in [0.1, 0.15) is 6.61 Å². The van der Waals surface area contributed by atoms with Crippen LogP contribution in [-0.2, 0) is 16.0 Å². The second kappa shape index (κ2) is 11.0. The molecular weight excluding hydrogens is 402 g/mol. The lowest BCUT2D eigenvalue weighted by atomic mass is 9.93. The first kappa shape index (κ1) is 22.1. The largest absolute Gasteiger partial charge is 0.480 e. The Labute approximate surface area is 188 Å². The van der Waals surface area contributed by atoms with Crippen LogP contribution in [0.25, 0.3) is 22.5 Å². The monoisotopic (exact) mass is 431 g/mol. The highest BCUT2D eigenvalue weighted by Gasteiger charge is 2.22. The Bertz CT molecular complexity index is 1000. The number of aromatic nitrogens is 2. The van der Waals surface area contributed by atoms with Crippen molar-refractivity contribution in [1.29, 1.82) is 0 Å². The SMILES string of the molecule is O=C(O)CO[C@H]1CC[C@@H](NCCc2cnc(-c3ccccc3)c(-c3ccccc3)n2)CC1. The number of rotatable bonds is 9. The van der Waals surface area contributed by atoms with E-state index in [0.29, 0.717) is 6.04 Å². The van der Waals surface area contributed by atoms with Gasteiger partial charge in [0.15, 0.2) is 0 Å². The molecule has 6 nitrogen and oxygen atoms in total. The number of aliphatic carboxylic acids is 1. The first-order valence-electron chi connectivity index (χ1n) is 11.2. The van der Waals surface area contributed by atoms with Crippen molar-refractivity contribution in [3.8, 4) is 22.5 Å². The van der Waals surface area contributed by atoms with Gasteiger partial charge in [0.2, 0.25) is 0 Å². The fourth-order valence-electron chi connectivity index (χ4n) is 4.18. The third-order valence-electron chi connectivity index (χ3n) is 5.85. The highest BCUT2D eigenvalue weighted by atomic mass is 16.5. The van der Waals surface area contributed by atoms with E-state index in [9.17, 15) is 4.79 Å². The average molecular weight is 432 g/mol. The quantitative estimate of drug-likeness (QED) is 0.524. The number of carboxylic acids is 1. The molecule has 0 radical (unpaired) electrons. The van der Waals surface area contributed by atoms with Gasteiger partial charge in [-0.25, -0.2) is 9.78 Å². The maximum Gasteiger partial charge on any atom is 0.329 e. The summed E-state index contributed by atoms with van der Waals surface area (Å²) in [6, 6.07) is 20.8. The van der Waals surface area contributed by atoms with Gasteiger partial charge in [-0.1, -0.05) is 60.7 Å². The van der Waals surface area contributed by atoms with Crippen LogP contribution in [0.5, 0.6) is 0 Å². The third kappa shape index (κ3) is 5.99. The molecule has 0 unspecified atom stereocenters. The molecule has 1 heterocycles. The molecule has 4 rings (SSSR count). The van der Waals surface area contributed by atoms with E-state index in [2.05, 4.69) is 29.6 Å². The summed E-state index contributed by atoms with van der Waals surface area (Å²) in [7, 11) is 0. The topological polar surface area (TPSA) is 84.3 Å². The van der Waals surface area contributed by atoms with E-state index in [4.69, 9.17) is 19.8 Å². The fraction of sp³-hybridized carbons (Fsp3) is 0.346. The molecule has 1 fully saturated rings. The van der Waals surface area contributed by atoms with Gasteiger partial charge < -0.3 is 15.2 Å². The Hall–Kier alpha value is -3.09. The Kier molecular flexibility index (Phi) is 7.59. The summed E-state index contributed by atoms with van der Waals surface area (Å²) in [6.07, 6.45) is 6.54.